The Morgan fingerprint density at radius 3 is 2.25 bits per heavy atom. The molecule has 0 aromatic heterocycles. The second kappa shape index (κ2) is 6.40. The summed E-state index contributed by atoms with van der Waals surface area (Å²) in [4.78, 5) is 13.2. The zero-order chi connectivity index (χ0) is 14.7. The summed E-state index contributed by atoms with van der Waals surface area (Å²) < 4.78 is 0. The van der Waals surface area contributed by atoms with Gasteiger partial charge in [-0.25, -0.2) is 0 Å². The average molecular weight is 275 g/mol. The van der Waals surface area contributed by atoms with Gasteiger partial charge in [-0.15, -0.1) is 0 Å². The predicted octanol–water partition coefficient (Wildman–Crippen LogP) is 3.04. The van der Waals surface area contributed by atoms with Crippen LogP contribution < -0.4 is 0 Å². The van der Waals surface area contributed by atoms with Gasteiger partial charge in [-0.05, 0) is 29.4 Å². The molecule has 0 bridgehead atoms. The molecule has 1 aromatic rings. The maximum Gasteiger partial charge on any atom is 0.306 e. The van der Waals surface area contributed by atoms with Gasteiger partial charge in [0.15, 0.2) is 0 Å². The Kier molecular flexibility index (Phi) is 4.81. The van der Waals surface area contributed by atoms with Gasteiger partial charge in [0.1, 0.15) is 0 Å². The van der Waals surface area contributed by atoms with Crippen LogP contribution in [0.2, 0.25) is 0 Å². The fourth-order valence-corrected chi connectivity index (χ4v) is 2.77. The highest BCUT2D eigenvalue weighted by Crippen LogP contribution is 2.25. The minimum atomic E-state index is -0.673. The molecule has 1 N–H and O–H groups in total. The zero-order valence-electron chi connectivity index (χ0n) is 12.7. The summed E-state index contributed by atoms with van der Waals surface area (Å²) in [5.74, 6) is 0.106. The van der Waals surface area contributed by atoms with E-state index in [9.17, 15) is 4.79 Å². The van der Waals surface area contributed by atoms with Crippen molar-refractivity contribution in [2.45, 2.75) is 33.7 Å². The quantitative estimate of drug-likeness (QED) is 0.867. The van der Waals surface area contributed by atoms with Crippen LogP contribution in [0.3, 0.4) is 0 Å². The first-order valence-electron chi connectivity index (χ1n) is 7.48. The van der Waals surface area contributed by atoms with E-state index in [4.69, 9.17) is 5.11 Å². The van der Waals surface area contributed by atoms with Crippen molar-refractivity contribution < 1.29 is 9.90 Å². The van der Waals surface area contributed by atoms with E-state index in [0.29, 0.717) is 11.8 Å². The minimum absolute atomic E-state index is 0.223. The zero-order valence-corrected chi connectivity index (χ0v) is 12.7. The van der Waals surface area contributed by atoms with Gasteiger partial charge < -0.3 is 5.11 Å². The highest BCUT2D eigenvalue weighted by atomic mass is 16.4. The van der Waals surface area contributed by atoms with Crippen LogP contribution in [0.5, 0.6) is 0 Å². The SMILES string of the molecule is CC(C)Cc1ccc(CN2CC(C(C)C(=O)O)C2)cc1. The van der Waals surface area contributed by atoms with E-state index in [1.165, 1.54) is 11.1 Å². The minimum Gasteiger partial charge on any atom is -0.481 e. The molecule has 0 spiro atoms. The summed E-state index contributed by atoms with van der Waals surface area (Å²) in [5.41, 5.74) is 2.71. The number of hydrogen-bond acceptors (Lipinski definition) is 2. The third kappa shape index (κ3) is 3.83. The normalized spacial score (nSPS) is 18.0. The summed E-state index contributed by atoms with van der Waals surface area (Å²) >= 11 is 0. The summed E-state index contributed by atoms with van der Waals surface area (Å²) in [7, 11) is 0. The highest BCUT2D eigenvalue weighted by Gasteiger charge is 2.34. The van der Waals surface area contributed by atoms with Crippen LogP contribution in [-0.2, 0) is 17.8 Å². The number of nitrogens with zero attached hydrogens (tertiary/aromatic N) is 1. The van der Waals surface area contributed by atoms with Gasteiger partial charge in [-0.1, -0.05) is 45.0 Å². The molecule has 20 heavy (non-hydrogen) atoms. The molecule has 0 amide bonds. The summed E-state index contributed by atoms with van der Waals surface area (Å²) in [6.07, 6.45) is 1.13. The largest absolute Gasteiger partial charge is 0.481 e. The third-order valence-corrected chi connectivity index (χ3v) is 4.16. The molecule has 3 nitrogen and oxygen atoms in total. The average Bonchev–Trinajstić information content (AvgIpc) is 2.33. The summed E-state index contributed by atoms with van der Waals surface area (Å²) in [6.45, 7) is 9.02. The van der Waals surface area contributed by atoms with Crippen molar-refractivity contribution in [3.05, 3.63) is 35.4 Å². The summed E-state index contributed by atoms with van der Waals surface area (Å²) in [5, 5.41) is 8.98. The lowest BCUT2D eigenvalue weighted by atomic mass is 9.87. The van der Waals surface area contributed by atoms with Crippen LogP contribution >= 0.6 is 0 Å². The van der Waals surface area contributed by atoms with Crippen molar-refractivity contribution in [3.63, 3.8) is 0 Å². The van der Waals surface area contributed by atoms with Crippen molar-refractivity contribution in [2.24, 2.45) is 17.8 Å². The van der Waals surface area contributed by atoms with E-state index in [0.717, 1.165) is 26.1 Å². The molecule has 1 aliphatic rings. The molecule has 1 fully saturated rings. The number of hydrogen-bond donors (Lipinski definition) is 1. The van der Waals surface area contributed by atoms with Gasteiger partial charge in [-0.3, -0.25) is 9.69 Å². The van der Waals surface area contributed by atoms with E-state index in [1.807, 2.05) is 6.92 Å². The number of carboxylic acids is 1. The number of aliphatic carboxylic acids is 1. The van der Waals surface area contributed by atoms with Gasteiger partial charge in [0, 0.05) is 19.6 Å². The van der Waals surface area contributed by atoms with Crippen molar-refractivity contribution in [2.75, 3.05) is 13.1 Å². The van der Waals surface area contributed by atoms with E-state index in [1.54, 1.807) is 0 Å². The first-order valence-corrected chi connectivity index (χ1v) is 7.48. The lowest BCUT2D eigenvalue weighted by molar-refractivity contribution is -0.145. The monoisotopic (exact) mass is 275 g/mol. The third-order valence-electron chi connectivity index (χ3n) is 4.16. The van der Waals surface area contributed by atoms with E-state index < -0.39 is 5.97 Å². The van der Waals surface area contributed by atoms with Crippen molar-refractivity contribution in [1.29, 1.82) is 0 Å². The van der Waals surface area contributed by atoms with Crippen LogP contribution in [0.15, 0.2) is 24.3 Å². The Morgan fingerprint density at radius 2 is 1.75 bits per heavy atom. The second-order valence-corrected chi connectivity index (χ2v) is 6.50. The maximum atomic E-state index is 10.9. The maximum absolute atomic E-state index is 10.9. The standard InChI is InChI=1S/C17H25NO2/c1-12(2)8-14-4-6-15(7-5-14)9-18-10-16(11-18)13(3)17(19)20/h4-7,12-13,16H,8-11H2,1-3H3,(H,19,20). The molecule has 0 aliphatic carbocycles. The second-order valence-electron chi connectivity index (χ2n) is 6.50. The van der Waals surface area contributed by atoms with Crippen LogP contribution in [0, 0.1) is 17.8 Å². The fourth-order valence-electron chi connectivity index (χ4n) is 2.77. The Hall–Kier alpha value is -1.35. The van der Waals surface area contributed by atoms with Crippen LogP contribution in [0.1, 0.15) is 31.9 Å². The smallest absolute Gasteiger partial charge is 0.306 e. The number of carboxylic acid groups (broad SMARTS) is 1. The van der Waals surface area contributed by atoms with E-state index in [2.05, 4.69) is 43.0 Å². The predicted molar refractivity (Wildman–Crippen MR) is 80.6 cm³/mol. The molecule has 1 unspecified atom stereocenters. The highest BCUT2D eigenvalue weighted by molar-refractivity contribution is 5.70. The molecule has 1 aliphatic heterocycles. The molecular weight excluding hydrogens is 250 g/mol. The number of rotatable bonds is 6. The number of benzene rings is 1. The Morgan fingerprint density at radius 1 is 1.20 bits per heavy atom. The van der Waals surface area contributed by atoms with Crippen LogP contribution in [0.4, 0.5) is 0 Å². The van der Waals surface area contributed by atoms with Crippen molar-refractivity contribution in [3.8, 4) is 0 Å². The first kappa shape index (κ1) is 15.0. The topological polar surface area (TPSA) is 40.5 Å². The lowest BCUT2D eigenvalue weighted by Crippen LogP contribution is -2.50. The Bertz CT molecular complexity index is 447. The molecule has 0 saturated carbocycles. The fraction of sp³-hybridized carbons (Fsp3) is 0.588. The van der Waals surface area contributed by atoms with Crippen molar-refractivity contribution >= 4 is 5.97 Å². The molecule has 2 rings (SSSR count). The molecule has 1 aromatic carbocycles. The molecule has 1 saturated heterocycles. The molecule has 1 heterocycles. The molecule has 1 atom stereocenters. The number of likely N-dealkylation sites (tertiary alicyclic amines) is 1. The van der Waals surface area contributed by atoms with Crippen LogP contribution in [0.25, 0.3) is 0 Å². The Labute approximate surface area is 121 Å². The van der Waals surface area contributed by atoms with Crippen molar-refractivity contribution in [1.82, 2.24) is 4.90 Å². The number of carbonyl (C=O) groups is 1. The van der Waals surface area contributed by atoms with Crippen LogP contribution in [-0.4, -0.2) is 29.1 Å². The first-order chi connectivity index (χ1) is 9.45. The molecule has 3 heteroatoms. The van der Waals surface area contributed by atoms with Gasteiger partial charge in [0.2, 0.25) is 0 Å². The Balaban J connectivity index is 1.80. The molecular formula is C17H25NO2. The lowest BCUT2D eigenvalue weighted by Gasteiger charge is -2.41. The van der Waals surface area contributed by atoms with E-state index in [-0.39, 0.29) is 5.92 Å². The molecule has 0 radical (unpaired) electrons. The van der Waals surface area contributed by atoms with Gasteiger partial charge >= 0.3 is 5.97 Å². The molecule has 110 valence electrons. The van der Waals surface area contributed by atoms with Gasteiger partial charge in [-0.2, -0.15) is 0 Å². The van der Waals surface area contributed by atoms with E-state index >= 15 is 0 Å². The van der Waals surface area contributed by atoms with Gasteiger partial charge in [0.25, 0.3) is 0 Å². The summed E-state index contributed by atoms with van der Waals surface area (Å²) in [6, 6.07) is 8.83. The van der Waals surface area contributed by atoms with Gasteiger partial charge in [0.05, 0.1) is 5.92 Å².